The summed E-state index contributed by atoms with van der Waals surface area (Å²) in [5, 5.41) is 5.03. The number of thioether (sulfide) groups is 1. The van der Waals surface area contributed by atoms with Crippen molar-refractivity contribution in [2.75, 3.05) is 11.6 Å². The highest BCUT2D eigenvalue weighted by Gasteiger charge is 2.08. The predicted molar refractivity (Wildman–Crippen MR) is 88.3 cm³/mol. The van der Waals surface area contributed by atoms with Crippen molar-refractivity contribution in [3.05, 3.63) is 47.7 Å². The lowest BCUT2D eigenvalue weighted by molar-refractivity contribution is 0.996. The molecule has 2 aromatic heterocycles. The second kappa shape index (κ2) is 5.69. The fourth-order valence-corrected chi connectivity index (χ4v) is 2.45. The molecule has 0 saturated carbocycles. The van der Waals surface area contributed by atoms with E-state index in [1.165, 1.54) is 22.9 Å². The molecule has 0 spiro atoms. The monoisotopic (exact) mass is 296 g/mol. The molecule has 3 rings (SSSR count). The first-order valence-electron chi connectivity index (χ1n) is 6.68. The van der Waals surface area contributed by atoms with Gasteiger partial charge in [0.2, 0.25) is 0 Å². The Bertz CT molecular complexity index is 801. The maximum Gasteiger partial charge on any atom is 0.191 e. The maximum absolute atomic E-state index is 4.57. The molecule has 0 amide bonds. The molecule has 0 atom stereocenters. The van der Waals surface area contributed by atoms with Gasteiger partial charge in [-0.3, -0.25) is 0 Å². The normalized spacial score (nSPS) is 10.8. The van der Waals surface area contributed by atoms with Crippen LogP contribution in [0, 0.1) is 13.8 Å². The molecule has 0 bridgehead atoms. The quantitative estimate of drug-likeness (QED) is 0.582. The predicted octanol–water partition coefficient (Wildman–Crippen LogP) is 4.11. The van der Waals surface area contributed by atoms with Gasteiger partial charge in [-0.1, -0.05) is 17.8 Å². The summed E-state index contributed by atoms with van der Waals surface area (Å²) in [7, 11) is 0. The molecule has 4 nitrogen and oxygen atoms in total. The van der Waals surface area contributed by atoms with Crippen LogP contribution in [0.15, 0.2) is 41.7 Å². The first kappa shape index (κ1) is 13.8. The van der Waals surface area contributed by atoms with Crippen LogP contribution in [0.2, 0.25) is 0 Å². The van der Waals surface area contributed by atoms with Gasteiger partial charge < -0.3 is 5.32 Å². The minimum absolute atomic E-state index is 0.711. The Kier molecular flexibility index (Phi) is 3.75. The van der Waals surface area contributed by atoms with Crippen molar-refractivity contribution in [3.63, 3.8) is 0 Å². The number of hydrogen-bond acceptors (Lipinski definition) is 5. The molecule has 0 saturated heterocycles. The fourth-order valence-electron chi connectivity index (χ4n) is 2.08. The third-order valence-electron chi connectivity index (χ3n) is 3.40. The van der Waals surface area contributed by atoms with Crippen LogP contribution in [0.1, 0.15) is 11.1 Å². The lowest BCUT2D eigenvalue weighted by atomic mass is 10.1. The van der Waals surface area contributed by atoms with Crippen LogP contribution in [0.4, 0.5) is 11.5 Å². The number of aromatic nitrogens is 3. The maximum atomic E-state index is 4.57. The van der Waals surface area contributed by atoms with Crippen molar-refractivity contribution < 1.29 is 0 Å². The van der Waals surface area contributed by atoms with E-state index in [9.17, 15) is 0 Å². The Hall–Kier alpha value is -2.14. The lowest BCUT2D eigenvalue weighted by Gasteiger charge is -2.11. The fraction of sp³-hybridized carbons (Fsp3) is 0.188. The van der Waals surface area contributed by atoms with E-state index < -0.39 is 0 Å². The van der Waals surface area contributed by atoms with Crippen molar-refractivity contribution in [1.82, 2.24) is 15.0 Å². The topological polar surface area (TPSA) is 50.7 Å². The van der Waals surface area contributed by atoms with E-state index in [2.05, 4.69) is 52.3 Å². The molecule has 0 radical (unpaired) electrons. The third kappa shape index (κ3) is 2.83. The van der Waals surface area contributed by atoms with Gasteiger partial charge in [-0.25, -0.2) is 15.0 Å². The third-order valence-corrected chi connectivity index (χ3v) is 3.95. The Labute approximate surface area is 128 Å². The molecule has 21 heavy (non-hydrogen) atoms. The zero-order valence-corrected chi connectivity index (χ0v) is 13.0. The van der Waals surface area contributed by atoms with Crippen molar-refractivity contribution in [2.45, 2.75) is 19.0 Å². The zero-order valence-electron chi connectivity index (χ0n) is 12.2. The van der Waals surface area contributed by atoms with E-state index in [0.717, 1.165) is 16.9 Å². The van der Waals surface area contributed by atoms with Crippen LogP contribution in [0.3, 0.4) is 0 Å². The van der Waals surface area contributed by atoms with Crippen LogP contribution in [0.5, 0.6) is 0 Å². The molecule has 2 heterocycles. The highest BCUT2D eigenvalue weighted by Crippen LogP contribution is 2.25. The van der Waals surface area contributed by atoms with Gasteiger partial charge in [0.1, 0.15) is 5.82 Å². The Balaban J connectivity index is 2.08. The summed E-state index contributed by atoms with van der Waals surface area (Å²) in [6.07, 6.45) is 3.71. The van der Waals surface area contributed by atoms with Crippen LogP contribution < -0.4 is 5.32 Å². The summed E-state index contributed by atoms with van der Waals surface area (Å²) in [4.78, 5) is 13.3. The number of hydrogen-bond donors (Lipinski definition) is 1. The number of rotatable bonds is 3. The highest BCUT2D eigenvalue weighted by atomic mass is 32.2. The minimum Gasteiger partial charge on any atom is -0.340 e. The summed E-state index contributed by atoms with van der Waals surface area (Å²) in [5.41, 5.74) is 4.26. The van der Waals surface area contributed by atoms with Gasteiger partial charge >= 0.3 is 0 Å². The average Bonchev–Trinajstić information content (AvgIpc) is 2.51. The molecule has 106 valence electrons. The summed E-state index contributed by atoms with van der Waals surface area (Å²) in [5.74, 6) is 0.792. The number of nitrogens with zero attached hydrogens (tertiary/aromatic N) is 3. The van der Waals surface area contributed by atoms with Gasteiger partial charge in [0, 0.05) is 11.9 Å². The van der Waals surface area contributed by atoms with Crippen LogP contribution in [-0.4, -0.2) is 21.2 Å². The standard InChI is InChI=1S/C16H16N4S/c1-10-6-7-12(9-11(10)2)18-15-13-5-4-8-17-14(13)19-16(20-15)21-3/h4-9H,1-3H3,(H,17,18,19,20). The summed E-state index contributed by atoms with van der Waals surface area (Å²) in [6.45, 7) is 4.21. The van der Waals surface area contributed by atoms with E-state index in [4.69, 9.17) is 0 Å². The van der Waals surface area contributed by atoms with Gasteiger partial charge in [0.25, 0.3) is 0 Å². The number of benzene rings is 1. The van der Waals surface area contributed by atoms with Crippen molar-refractivity contribution in [2.24, 2.45) is 0 Å². The molecule has 0 aliphatic carbocycles. The number of nitrogens with one attached hydrogen (secondary N) is 1. The molecule has 0 fully saturated rings. The molecule has 5 heteroatoms. The Morgan fingerprint density at radius 1 is 1.05 bits per heavy atom. The Morgan fingerprint density at radius 3 is 2.67 bits per heavy atom. The van der Waals surface area contributed by atoms with E-state index >= 15 is 0 Å². The molecule has 1 aromatic carbocycles. The van der Waals surface area contributed by atoms with Crippen LogP contribution >= 0.6 is 11.8 Å². The molecule has 1 N–H and O–H groups in total. The number of aryl methyl sites for hydroxylation is 2. The first-order valence-corrected chi connectivity index (χ1v) is 7.91. The van der Waals surface area contributed by atoms with Crippen molar-refractivity contribution in [1.29, 1.82) is 0 Å². The molecule has 0 aliphatic rings. The highest BCUT2D eigenvalue weighted by molar-refractivity contribution is 7.98. The van der Waals surface area contributed by atoms with Gasteiger partial charge in [-0.05, 0) is 55.5 Å². The molecule has 3 aromatic rings. The minimum atomic E-state index is 0.711. The van der Waals surface area contributed by atoms with E-state index in [1.54, 1.807) is 6.20 Å². The zero-order chi connectivity index (χ0) is 14.8. The van der Waals surface area contributed by atoms with Gasteiger partial charge in [0.15, 0.2) is 10.8 Å². The SMILES string of the molecule is CSc1nc(Nc2ccc(C)c(C)c2)c2cccnc2n1. The largest absolute Gasteiger partial charge is 0.340 e. The van der Waals surface area contributed by atoms with Gasteiger partial charge in [0.05, 0.1) is 5.39 Å². The molecule has 0 aliphatic heterocycles. The van der Waals surface area contributed by atoms with Crippen molar-refractivity contribution in [3.8, 4) is 0 Å². The Morgan fingerprint density at radius 2 is 1.90 bits per heavy atom. The summed E-state index contributed by atoms with van der Waals surface area (Å²) in [6, 6.07) is 10.2. The van der Waals surface area contributed by atoms with Gasteiger partial charge in [-0.15, -0.1) is 0 Å². The first-order chi connectivity index (χ1) is 10.2. The second-order valence-electron chi connectivity index (χ2n) is 4.86. The van der Waals surface area contributed by atoms with Crippen LogP contribution in [-0.2, 0) is 0 Å². The number of pyridine rings is 1. The number of fused-ring (bicyclic) bond motifs is 1. The second-order valence-corrected chi connectivity index (χ2v) is 5.63. The summed E-state index contributed by atoms with van der Waals surface area (Å²) < 4.78 is 0. The molecular formula is C16H16N4S. The molecular weight excluding hydrogens is 280 g/mol. The van der Waals surface area contributed by atoms with E-state index in [0.29, 0.717) is 10.8 Å². The lowest BCUT2D eigenvalue weighted by Crippen LogP contribution is -1.99. The average molecular weight is 296 g/mol. The van der Waals surface area contributed by atoms with Gasteiger partial charge in [-0.2, -0.15) is 0 Å². The van der Waals surface area contributed by atoms with Crippen LogP contribution in [0.25, 0.3) is 11.0 Å². The van der Waals surface area contributed by atoms with Crippen molar-refractivity contribution >= 4 is 34.3 Å². The molecule has 0 unspecified atom stereocenters. The van der Waals surface area contributed by atoms with E-state index in [-0.39, 0.29) is 0 Å². The number of anilines is 2. The van der Waals surface area contributed by atoms with E-state index in [1.807, 2.05) is 18.4 Å². The summed E-state index contributed by atoms with van der Waals surface area (Å²) >= 11 is 1.51. The smallest absolute Gasteiger partial charge is 0.191 e.